The lowest BCUT2D eigenvalue weighted by Crippen LogP contribution is -1.84. The maximum absolute atomic E-state index is 4.24. The van der Waals surface area contributed by atoms with Crippen LogP contribution in [0.4, 0.5) is 0 Å². The third-order valence-corrected chi connectivity index (χ3v) is 3.41. The first-order valence-corrected chi connectivity index (χ1v) is 5.81. The zero-order valence-electron chi connectivity index (χ0n) is 8.50. The van der Waals surface area contributed by atoms with Crippen LogP contribution in [-0.2, 0) is 6.42 Å². The fourth-order valence-corrected chi connectivity index (χ4v) is 2.63. The number of fused-ring (bicyclic) bond motifs is 1. The molecule has 0 fully saturated rings. The van der Waals surface area contributed by atoms with Crippen molar-refractivity contribution in [2.45, 2.75) is 6.42 Å². The number of nitrogens with zero attached hydrogens (tertiary/aromatic N) is 3. The first-order chi connectivity index (χ1) is 7.92. The van der Waals surface area contributed by atoms with Gasteiger partial charge < -0.3 is 0 Å². The second kappa shape index (κ2) is 3.98. The summed E-state index contributed by atoms with van der Waals surface area (Å²) in [4.78, 5) is 14.7. The van der Waals surface area contributed by atoms with Crippen molar-refractivity contribution in [3.63, 3.8) is 0 Å². The lowest BCUT2D eigenvalue weighted by atomic mass is 10.2. The average molecular weight is 227 g/mol. The Morgan fingerprint density at radius 1 is 1.19 bits per heavy atom. The Morgan fingerprint density at radius 2 is 2.19 bits per heavy atom. The number of hydrogen-bond acceptors (Lipinski definition) is 4. The number of rotatable bonds is 2. The smallest absolute Gasteiger partial charge is 0.126 e. The van der Waals surface area contributed by atoms with Gasteiger partial charge in [0.2, 0.25) is 0 Å². The minimum Gasteiger partial charge on any atom is -0.264 e. The molecule has 3 nitrogen and oxygen atoms in total. The maximum atomic E-state index is 4.24. The van der Waals surface area contributed by atoms with E-state index in [1.165, 1.54) is 10.4 Å². The van der Waals surface area contributed by atoms with Gasteiger partial charge in [-0.3, -0.25) is 4.98 Å². The quantitative estimate of drug-likeness (QED) is 0.675. The van der Waals surface area contributed by atoms with E-state index in [1.54, 1.807) is 23.9 Å². The molecule has 16 heavy (non-hydrogen) atoms. The van der Waals surface area contributed by atoms with Crippen molar-refractivity contribution >= 4 is 21.6 Å². The minimum atomic E-state index is 0.912. The molecule has 0 saturated carbocycles. The van der Waals surface area contributed by atoms with Crippen LogP contribution in [0.2, 0.25) is 0 Å². The highest BCUT2D eigenvalue weighted by molar-refractivity contribution is 7.18. The second-order valence-electron chi connectivity index (χ2n) is 3.53. The van der Waals surface area contributed by atoms with Gasteiger partial charge in [0.05, 0.1) is 0 Å². The van der Waals surface area contributed by atoms with E-state index in [1.807, 2.05) is 18.5 Å². The molecule has 0 aliphatic rings. The van der Waals surface area contributed by atoms with Crippen molar-refractivity contribution in [2.24, 2.45) is 0 Å². The van der Waals surface area contributed by atoms with Crippen LogP contribution >= 0.6 is 11.3 Å². The fraction of sp³-hybridized carbons (Fsp3) is 0.0833. The molecule has 0 bridgehead atoms. The van der Waals surface area contributed by atoms with Gasteiger partial charge in [0.15, 0.2) is 0 Å². The molecule has 0 unspecified atom stereocenters. The zero-order valence-corrected chi connectivity index (χ0v) is 9.31. The van der Waals surface area contributed by atoms with Gasteiger partial charge in [-0.15, -0.1) is 11.3 Å². The molecule has 3 rings (SSSR count). The summed E-state index contributed by atoms with van der Waals surface area (Å²) in [5.74, 6) is 0. The third kappa shape index (κ3) is 1.79. The van der Waals surface area contributed by atoms with Crippen molar-refractivity contribution in [2.75, 3.05) is 0 Å². The van der Waals surface area contributed by atoms with Crippen LogP contribution in [0.1, 0.15) is 10.4 Å². The van der Waals surface area contributed by atoms with E-state index in [0.717, 1.165) is 16.6 Å². The molecule has 0 N–H and O–H groups in total. The Bertz CT molecular complexity index is 571. The van der Waals surface area contributed by atoms with Crippen molar-refractivity contribution < 1.29 is 0 Å². The van der Waals surface area contributed by atoms with Crippen molar-refractivity contribution in [3.05, 3.63) is 53.6 Å². The monoisotopic (exact) mass is 227 g/mol. The first-order valence-electron chi connectivity index (χ1n) is 4.99. The molecule has 3 aromatic rings. The van der Waals surface area contributed by atoms with Gasteiger partial charge in [0.25, 0.3) is 0 Å². The van der Waals surface area contributed by atoms with Crippen LogP contribution in [-0.4, -0.2) is 15.0 Å². The van der Waals surface area contributed by atoms with Crippen LogP contribution in [0.25, 0.3) is 10.2 Å². The largest absolute Gasteiger partial charge is 0.264 e. The second-order valence-corrected chi connectivity index (χ2v) is 4.65. The van der Waals surface area contributed by atoms with Gasteiger partial charge in [-0.05, 0) is 17.7 Å². The number of pyridine rings is 1. The zero-order chi connectivity index (χ0) is 10.8. The summed E-state index contributed by atoms with van der Waals surface area (Å²) >= 11 is 1.71. The fourth-order valence-electron chi connectivity index (χ4n) is 1.63. The van der Waals surface area contributed by atoms with Gasteiger partial charge in [0, 0.05) is 35.3 Å². The predicted molar refractivity (Wildman–Crippen MR) is 64.5 cm³/mol. The minimum absolute atomic E-state index is 0.912. The van der Waals surface area contributed by atoms with Crippen molar-refractivity contribution in [1.82, 2.24) is 15.0 Å². The number of thiophene rings is 1. The Balaban J connectivity index is 1.95. The Labute approximate surface area is 96.8 Å². The lowest BCUT2D eigenvalue weighted by Gasteiger charge is -1.95. The molecule has 0 saturated heterocycles. The van der Waals surface area contributed by atoms with E-state index in [-0.39, 0.29) is 0 Å². The van der Waals surface area contributed by atoms with Crippen LogP contribution in [0, 0.1) is 0 Å². The van der Waals surface area contributed by atoms with E-state index >= 15 is 0 Å². The van der Waals surface area contributed by atoms with E-state index in [4.69, 9.17) is 0 Å². The van der Waals surface area contributed by atoms with Gasteiger partial charge >= 0.3 is 0 Å². The van der Waals surface area contributed by atoms with E-state index < -0.39 is 0 Å². The highest BCUT2D eigenvalue weighted by Gasteiger charge is 2.03. The highest BCUT2D eigenvalue weighted by atomic mass is 32.1. The number of aromatic nitrogens is 3. The molecule has 78 valence electrons. The highest BCUT2D eigenvalue weighted by Crippen LogP contribution is 2.24. The van der Waals surface area contributed by atoms with E-state index in [0.29, 0.717) is 0 Å². The molecule has 3 heterocycles. The summed E-state index contributed by atoms with van der Waals surface area (Å²) in [7, 11) is 0. The summed E-state index contributed by atoms with van der Waals surface area (Å²) in [6, 6.07) is 6.19. The lowest BCUT2D eigenvalue weighted by molar-refractivity contribution is 1.17. The van der Waals surface area contributed by atoms with Crippen LogP contribution < -0.4 is 0 Å². The molecule has 0 aromatic carbocycles. The molecule has 0 atom stereocenters. The molecule has 3 aromatic heterocycles. The molecular weight excluding hydrogens is 218 g/mol. The van der Waals surface area contributed by atoms with E-state index in [9.17, 15) is 0 Å². The number of hydrogen-bond donors (Lipinski definition) is 0. The van der Waals surface area contributed by atoms with Crippen LogP contribution in [0.5, 0.6) is 0 Å². The van der Waals surface area contributed by atoms with E-state index in [2.05, 4.69) is 27.1 Å². The topological polar surface area (TPSA) is 38.7 Å². The average Bonchev–Trinajstić information content (AvgIpc) is 2.72. The molecule has 0 aliphatic carbocycles. The maximum Gasteiger partial charge on any atom is 0.126 e. The SMILES string of the molecule is c1cncc(Cc2cc3cncnc3s2)c1. The first kappa shape index (κ1) is 9.42. The van der Waals surface area contributed by atoms with Crippen molar-refractivity contribution in [3.8, 4) is 0 Å². The predicted octanol–water partition coefficient (Wildman–Crippen LogP) is 2.68. The summed E-state index contributed by atoms with van der Waals surface area (Å²) in [6.07, 6.45) is 8.04. The summed E-state index contributed by atoms with van der Waals surface area (Å²) in [5, 5.41) is 1.12. The Morgan fingerprint density at radius 3 is 3.00 bits per heavy atom. The molecular formula is C12H9N3S. The van der Waals surface area contributed by atoms with Crippen LogP contribution in [0.15, 0.2) is 43.1 Å². The summed E-state index contributed by atoms with van der Waals surface area (Å²) in [6.45, 7) is 0. The molecule has 4 heteroatoms. The third-order valence-electron chi connectivity index (χ3n) is 2.35. The summed E-state index contributed by atoms with van der Waals surface area (Å²) < 4.78 is 0. The Hall–Kier alpha value is -1.81. The Kier molecular flexibility index (Phi) is 2.34. The molecule has 0 spiro atoms. The molecule has 0 radical (unpaired) electrons. The molecule has 0 aliphatic heterocycles. The summed E-state index contributed by atoms with van der Waals surface area (Å²) in [5.41, 5.74) is 1.22. The van der Waals surface area contributed by atoms with Gasteiger partial charge in [-0.25, -0.2) is 9.97 Å². The van der Waals surface area contributed by atoms with Gasteiger partial charge in [-0.1, -0.05) is 6.07 Å². The van der Waals surface area contributed by atoms with Crippen LogP contribution in [0.3, 0.4) is 0 Å². The molecule has 0 amide bonds. The van der Waals surface area contributed by atoms with Gasteiger partial charge in [-0.2, -0.15) is 0 Å². The standard InChI is InChI=1S/C12H9N3S/c1-2-9(6-13-3-1)4-11-5-10-7-14-8-15-12(10)16-11/h1-3,5-8H,4H2. The normalized spacial score (nSPS) is 10.8. The van der Waals surface area contributed by atoms with Gasteiger partial charge in [0.1, 0.15) is 11.2 Å². The van der Waals surface area contributed by atoms with Crippen molar-refractivity contribution in [1.29, 1.82) is 0 Å².